The first-order chi connectivity index (χ1) is 23.6. The monoisotopic (exact) mass is 837 g/mol. The van der Waals surface area contributed by atoms with Crippen LogP contribution < -0.4 is 4.90 Å². The molecule has 4 heterocycles. The van der Waals surface area contributed by atoms with Crippen LogP contribution in [-0.2, 0) is 36.6 Å². The zero-order valence-electron chi connectivity index (χ0n) is 29.6. The smallest absolute Gasteiger partial charge is 0.515 e. The van der Waals surface area contributed by atoms with Crippen molar-refractivity contribution in [1.82, 2.24) is 9.55 Å². The van der Waals surface area contributed by atoms with Gasteiger partial charge in [-0.1, -0.05) is 101 Å². The number of nitrogens with zero attached hydrogens (tertiary/aromatic N) is 4. The number of hydrogen-bond acceptors (Lipinski definition) is 4. The third kappa shape index (κ3) is 5.15. The fourth-order valence-electron chi connectivity index (χ4n) is 8.29. The Morgan fingerprint density at radius 2 is 1.64 bits per heavy atom. The van der Waals surface area contributed by atoms with Crippen LogP contribution in [0.5, 0.6) is 0 Å². The van der Waals surface area contributed by atoms with Crippen molar-refractivity contribution >= 4 is 44.8 Å². The number of aromatic nitrogens is 2. The van der Waals surface area contributed by atoms with E-state index in [-0.39, 0.29) is 44.0 Å². The molecular formula is C44H42N4OPt. The first kappa shape index (κ1) is 33.0. The topological polar surface area (TPSA) is 42.6 Å². The minimum absolute atomic E-state index is 0. The summed E-state index contributed by atoms with van der Waals surface area (Å²) in [6, 6.07) is 36.7. The Morgan fingerprint density at radius 3 is 2.46 bits per heavy atom. The molecule has 0 bridgehead atoms. The summed E-state index contributed by atoms with van der Waals surface area (Å²) >= 11 is 0. The van der Waals surface area contributed by atoms with Crippen LogP contribution >= 0.6 is 0 Å². The van der Waals surface area contributed by atoms with Gasteiger partial charge in [-0.15, -0.1) is 40.8 Å². The van der Waals surface area contributed by atoms with Crippen molar-refractivity contribution in [2.24, 2.45) is 4.99 Å². The first-order valence-corrected chi connectivity index (χ1v) is 17.7. The Hall–Kier alpha value is -4.21. The molecule has 1 saturated carbocycles. The van der Waals surface area contributed by atoms with Gasteiger partial charge in [0.25, 0.3) is 0 Å². The molecule has 1 fully saturated rings. The second-order valence-electron chi connectivity index (χ2n) is 15.7. The molecule has 6 heteroatoms. The van der Waals surface area contributed by atoms with Crippen molar-refractivity contribution in [3.8, 4) is 5.82 Å². The van der Waals surface area contributed by atoms with Crippen molar-refractivity contribution in [2.75, 3.05) is 4.90 Å². The van der Waals surface area contributed by atoms with E-state index in [2.05, 4.69) is 142 Å². The number of fused-ring (bicyclic) bond motifs is 6. The Bertz CT molecular complexity index is 2330. The molecule has 50 heavy (non-hydrogen) atoms. The molecule has 1 aliphatic carbocycles. The van der Waals surface area contributed by atoms with Crippen LogP contribution in [0.3, 0.4) is 0 Å². The number of hydrogen-bond donors (Lipinski definition) is 0. The summed E-state index contributed by atoms with van der Waals surface area (Å²) in [7, 11) is 0. The second kappa shape index (κ2) is 11.9. The standard InChI is InChI=1S/C44H42N4O.Pt/c1-27-21-28(42-46-35-15-9-12-18-40(35)49-42)23-30(22-27)47-37-17-11-8-14-33(37)44(5,6)34-25-32-31-13-7-10-16-36(31)48(38(32)26-39(34)47)41-24-29(19-20-45-41)43(2,3)4;/h7-8,10-11,13-14,16-17,19-22,24-25,35,40H,9,12,15,18H2,1-6H3;/q-2;+2/t35-,40-;/m0./s1. The molecule has 0 unspecified atom stereocenters. The van der Waals surface area contributed by atoms with E-state index in [1.807, 2.05) is 6.20 Å². The second-order valence-corrected chi connectivity index (χ2v) is 15.7. The zero-order chi connectivity index (χ0) is 33.7. The Morgan fingerprint density at radius 1 is 0.860 bits per heavy atom. The van der Waals surface area contributed by atoms with E-state index < -0.39 is 0 Å². The van der Waals surface area contributed by atoms with Crippen LogP contribution in [0, 0.1) is 19.1 Å². The maximum Gasteiger partial charge on any atom is 2.00 e. The maximum absolute atomic E-state index is 6.49. The van der Waals surface area contributed by atoms with Gasteiger partial charge in [-0.2, -0.15) is 6.07 Å². The number of para-hydroxylation sites is 2. The minimum atomic E-state index is -0.262. The predicted octanol–water partition coefficient (Wildman–Crippen LogP) is 10.6. The normalized spacial score (nSPS) is 19.3. The van der Waals surface area contributed by atoms with Gasteiger partial charge in [-0.25, -0.2) is 4.98 Å². The molecule has 254 valence electrons. The number of pyridine rings is 1. The van der Waals surface area contributed by atoms with Gasteiger partial charge >= 0.3 is 21.1 Å². The largest absolute Gasteiger partial charge is 2.00 e. The van der Waals surface area contributed by atoms with Crippen LogP contribution in [0.25, 0.3) is 27.6 Å². The van der Waals surface area contributed by atoms with Crippen LogP contribution in [0.15, 0.2) is 90.1 Å². The molecule has 0 amide bonds. The molecule has 4 aromatic carbocycles. The molecular weight excluding hydrogens is 796 g/mol. The van der Waals surface area contributed by atoms with E-state index >= 15 is 0 Å². The number of aryl methyl sites for hydroxylation is 1. The quantitative estimate of drug-likeness (QED) is 0.167. The number of rotatable bonds is 3. The average molecular weight is 838 g/mol. The Kier molecular flexibility index (Phi) is 7.87. The minimum Gasteiger partial charge on any atom is -0.515 e. The number of ether oxygens (including phenoxy) is 1. The van der Waals surface area contributed by atoms with E-state index in [0.717, 1.165) is 63.8 Å². The summed E-state index contributed by atoms with van der Waals surface area (Å²) in [5, 5.41) is 2.37. The van der Waals surface area contributed by atoms with Crippen molar-refractivity contribution in [1.29, 1.82) is 0 Å². The van der Waals surface area contributed by atoms with Crippen molar-refractivity contribution in [3.63, 3.8) is 0 Å². The Balaban J connectivity index is 0.00000361. The van der Waals surface area contributed by atoms with Gasteiger partial charge in [0.05, 0.1) is 6.04 Å². The molecule has 0 spiro atoms. The van der Waals surface area contributed by atoms with Gasteiger partial charge in [-0.05, 0) is 76.6 Å². The maximum atomic E-state index is 6.49. The van der Waals surface area contributed by atoms with Gasteiger partial charge in [-0.3, -0.25) is 4.99 Å². The fraction of sp³-hybridized carbons (Fsp3) is 0.318. The van der Waals surface area contributed by atoms with Gasteiger partial charge < -0.3 is 14.2 Å². The molecule has 0 saturated heterocycles. The molecule has 3 aliphatic rings. The van der Waals surface area contributed by atoms with E-state index in [1.54, 1.807) is 0 Å². The molecule has 2 aliphatic heterocycles. The van der Waals surface area contributed by atoms with Crippen molar-refractivity contribution < 1.29 is 25.8 Å². The summed E-state index contributed by atoms with van der Waals surface area (Å²) in [5.41, 5.74) is 10.8. The number of aliphatic imine (C=N–C) groups is 1. The first-order valence-electron chi connectivity index (χ1n) is 17.7. The molecule has 5 nitrogen and oxygen atoms in total. The van der Waals surface area contributed by atoms with E-state index in [9.17, 15) is 0 Å². The molecule has 0 N–H and O–H groups in total. The summed E-state index contributed by atoms with van der Waals surface area (Å²) in [6.07, 6.45) is 6.73. The van der Waals surface area contributed by atoms with Crippen LogP contribution in [-0.4, -0.2) is 27.6 Å². The number of benzene rings is 4. The van der Waals surface area contributed by atoms with Crippen LogP contribution in [0.4, 0.5) is 17.1 Å². The van der Waals surface area contributed by atoms with Crippen LogP contribution in [0.2, 0.25) is 0 Å². The molecule has 6 aromatic rings. The predicted molar refractivity (Wildman–Crippen MR) is 200 cm³/mol. The fourth-order valence-corrected chi connectivity index (χ4v) is 8.29. The number of anilines is 3. The third-order valence-corrected chi connectivity index (χ3v) is 10.9. The molecule has 0 radical (unpaired) electrons. The molecule has 2 atom stereocenters. The average Bonchev–Trinajstić information content (AvgIpc) is 3.67. The van der Waals surface area contributed by atoms with E-state index in [4.69, 9.17) is 14.7 Å². The molecule has 2 aromatic heterocycles. The van der Waals surface area contributed by atoms with Gasteiger partial charge in [0.2, 0.25) is 0 Å². The summed E-state index contributed by atoms with van der Waals surface area (Å²) in [4.78, 5) is 12.4. The Labute approximate surface area is 309 Å². The summed E-state index contributed by atoms with van der Waals surface area (Å²) < 4.78 is 8.78. The van der Waals surface area contributed by atoms with Crippen LogP contribution in [0.1, 0.15) is 88.1 Å². The van der Waals surface area contributed by atoms with E-state index in [1.165, 1.54) is 40.3 Å². The van der Waals surface area contributed by atoms with Gasteiger partial charge in [0.15, 0.2) is 0 Å². The van der Waals surface area contributed by atoms with Crippen molar-refractivity contribution in [2.45, 2.75) is 90.2 Å². The SMILES string of the molecule is Cc1cc(C2=N[C@H]3CCCC[C@@H]3O2)[c-]c(N2c3[c-]c4c(cc3C(C)(C)c3ccccc32)c2ccccc2n4-c2cc(C(C)(C)C)ccn2)c1.[Pt+2]. The van der Waals surface area contributed by atoms with Gasteiger partial charge in [0, 0.05) is 17.4 Å². The summed E-state index contributed by atoms with van der Waals surface area (Å²) in [5.74, 6) is 1.64. The molecule has 9 rings (SSSR count). The summed E-state index contributed by atoms with van der Waals surface area (Å²) in [6.45, 7) is 13.6. The zero-order valence-corrected chi connectivity index (χ0v) is 31.9. The van der Waals surface area contributed by atoms with Gasteiger partial charge in [0.1, 0.15) is 17.8 Å². The van der Waals surface area contributed by atoms with E-state index in [0.29, 0.717) is 0 Å². The third-order valence-electron chi connectivity index (χ3n) is 10.9. The van der Waals surface area contributed by atoms with Crippen molar-refractivity contribution in [3.05, 3.63) is 125 Å².